The number of rotatable bonds is 6. The van der Waals surface area contributed by atoms with E-state index in [2.05, 4.69) is 15.4 Å². The number of alkyl halides is 3. The van der Waals surface area contributed by atoms with Gasteiger partial charge in [-0.05, 0) is 20.8 Å². The van der Waals surface area contributed by atoms with Crippen LogP contribution in [0.15, 0.2) is 5.10 Å². The van der Waals surface area contributed by atoms with Gasteiger partial charge in [0.2, 0.25) is 11.7 Å². The maximum absolute atomic E-state index is 12.1. The van der Waals surface area contributed by atoms with Gasteiger partial charge in [0.25, 0.3) is 0 Å². The molecule has 0 radical (unpaired) electrons. The van der Waals surface area contributed by atoms with Crippen LogP contribution < -0.4 is 5.43 Å². The van der Waals surface area contributed by atoms with Gasteiger partial charge >= 0.3 is 6.18 Å². The molecule has 1 saturated heterocycles. The number of nitrogens with one attached hydrogen (secondary N) is 1. The third kappa shape index (κ3) is 7.56. The summed E-state index contributed by atoms with van der Waals surface area (Å²) in [6.07, 6.45) is -5.39. The summed E-state index contributed by atoms with van der Waals surface area (Å²) in [5, 5.41) is 3.52. The molecule has 1 N–H and O–H groups in total. The van der Waals surface area contributed by atoms with Crippen molar-refractivity contribution in [2.24, 2.45) is 5.10 Å². The second-order valence-corrected chi connectivity index (χ2v) is 5.75. The van der Waals surface area contributed by atoms with E-state index >= 15 is 0 Å². The van der Waals surface area contributed by atoms with Crippen molar-refractivity contribution in [3.8, 4) is 0 Å². The van der Waals surface area contributed by atoms with Crippen molar-refractivity contribution in [3.05, 3.63) is 0 Å². The van der Waals surface area contributed by atoms with E-state index < -0.39 is 24.3 Å². The van der Waals surface area contributed by atoms with E-state index in [9.17, 15) is 22.8 Å². The Hall–Kier alpha value is -1.48. The van der Waals surface area contributed by atoms with Gasteiger partial charge in [-0.25, -0.2) is 5.43 Å². The van der Waals surface area contributed by atoms with E-state index in [4.69, 9.17) is 4.74 Å². The summed E-state index contributed by atoms with van der Waals surface area (Å²) >= 11 is 0. The lowest BCUT2D eigenvalue weighted by Crippen LogP contribution is -2.46. The minimum atomic E-state index is -4.88. The number of halogens is 3. The lowest BCUT2D eigenvalue weighted by molar-refractivity contribution is -0.169. The summed E-state index contributed by atoms with van der Waals surface area (Å²) in [6, 6.07) is 0. The highest BCUT2D eigenvalue weighted by molar-refractivity contribution is 6.03. The van der Waals surface area contributed by atoms with Crippen molar-refractivity contribution in [2.75, 3.05) is 19.6 Å². The molecule has 132 valence electrons. The Morgan fingerprint density at radius 1 is 1.26 bits per heavy atom. The molecule has 1 rings (SSSR count). The minimum Gasteiger partial charge on any atom is -0.373 e. The number of hydrazone groups is 1. The van der Waals surface area contributed by atoms with Crippen LogP contribution in [-0.2, 0) is 14.3 Å². The van der Waals surface area contributed by atoms with E-state index in [0.717, 1.165) is 13.1 Å². The first-order valence-electron chi connectivity index (χ1n) is 7.37. The fourth-order valence-electron chi connectivity index (χ4n) is 2.31. The summed E-state index contributed by atoms with van der Waals surface area (Å²) in [4.78, 5) is 24.5. The Balaban J connectivity index is 2.33. The standard InChI is InChI=1S/C14H22F3N3O3/c1-9(6-12(21)14(15,16)17)18-19-13(22)4-5-20-7-10(2)23-11(3)8-20/h10-11H,4-8H2,1-3H3,(H,19,22)/b18-9-/t10-,11+. The molecule has 1 amide bonds. The molecule has 9 heteroatoms. The zero-order valence-corrected chi connectivity index (χ0v) is 13.4. The van der Waals surface area contributed by atoms with Gasteiger partial charge in [0, 0.05) is 31.8 Å². The SMILES string of the molecule is C/C(CC(=O)C(F)(F)F)=N/NC(=O)CCN1C[C@@H](C)O[C@@H](C)C1. The predicted molar refractivity (Wildman–Crippen MR) is 78.0 cm³/mol. The van der Waals surface area contributed by atoms with Crippen molar-refractivity contribution >= 4 is 17.4 Å². The van der Waals surface area contributed by atoms with E-state index in [1.807, 2.05) is 13.8 Å². The van der Waals surface area contributed by atoms with Crippen LogP contribution in [0, 0.1) is 0 Å². The van der Waals surface area contributed by atoms with E-state index in [-0.39, 0.29) is 24.3 Å². The average molecular weight is 337 g/mol. The largest absolute Gasteiger partial charge is 0.450 e. The highest BCUT2D eigenvalue weighted by Gasteiger charge is 2.38. The van der Waals surface area contributed by atoms with Gasteiger partial charge in [-0.3, -0.25) is 14.5 Å². The van der Waals surface area contributed by atoms with Crippen LogP contribution in [0.4, 0.5) is 13.2 Å². The Labute approximate surface area is 133 Å². The highest BCUT2D eigenvalue weighted by Crippen LogP contribution is 2.17. The van der Waals surface area contributed by atoms with Crippen molar-refractivity contribution in [2.45, 2.75) is 52.0 Å². The summed E-state index contributed by atoms with van der Waals surface area (Å²) in [6.45, 7) is 7.12. The lowest BCUT2D eigenvalue weighted by Gasteiger charge is -2.35. The molecular weight excluding hydrogens is 315 g/mol. The molecule has 23 heavy (non-hydrogen) atoms. The Morgan fingerprint density at radius 3 is 2.35 bits per heavy atom. The zero-order valence-electron chi connectivity index (χ0n) is 13.4. The van der Waals surface area contributed by atoms with Crippen molar-refractivity contribution < 1.29 is 27.5 Å². The van der Waals surface area contributed by atoms with Crippen molar-refractivity contribution in [1.29, 1.82) is 0 Å². The third-order valence-corrected chi connectivity index (χ3v) is 3.25. The van der Waals surface area contributed by atoms with Crippen molar-refractivity contribution in [3.63, 3.8) is 0 Å². The van der Waals surface area contributed by atoms with Gasteiger partial charge < -0.3 is 4.74 Å². The van der Waals surface area contributed by atoms with E-state index in [1.165, 1.54) is 6.92 Å². The van der Waals surface area contributed by atoms with Crippen LogP contribution in [0.1, 0.15) is 33.6 Å². The molecular formula is C14H22F3N3O3. The van der Waals surface area contributed by atoms with Crippen LogP contribution in [0.25, 0.3) is 0 Å². The maximum atomic E-state index is 12.1. The number of ether oxygens (including phenoxy) is 1. The Kier molecular flexibility index (Phi) is 7.14. The monoisotopic (exact) mass is 337 g/mol. The van der Waals surface area contributed by atoms with Crippen LogP contribution in [0.3, 0.4) is 0 Å². The number of nitrogens with zero attached hydrogens (tertiary/aromatic N) is 2. The van der Waals surface area contributed by atoms with Gasteiger partial charge in [0.05, 0.1) is 18.6 Å². The molecule has 2 atom stereocenters. The molecule has 0 aliphatic carbocycles. The molecule has 0 spiro atoms. The lowest BCUT2D eigenvalue weighted by atomic mass is 10.2. The molecule has 1 aliphatic rings. The summed E-state index contributed by atoms with van der Waals surface area (Å²) < 4.78 is 41.9. The van der Waals surface area contributed by atoms with Gasteiger partial charge in [-0.2, -0.15) is 18.3 Å². The Morgan fingerprint density at radius 2 is 1.83 bits per heavy atom. The minimum absolute atomic E-state index is 0.0886. The summed E-state index contributed by atoms with van der Waals surface area (Å²) in [5.74, 6) is -2.29. The summed E-state index contributed by atoms with van der Waals surface area (Å²) in [5.41, 5.74) is 2.08. The topological polar surface area (TPSA) is 71.0 Å². The molecule has 0 aromatic carbocycles. The Bertz CT molecular complexity index is 456. The number of amides is 1. The number of hydrogen-bond donors (Lipinski definition) is 1. The maximum Gasteiger partial charge on any atom is 0.450 e. The van der Waals surface area contributed by atoms with Gasteiger partial charge in [-0.15, -0.1) is 0 Å². The number of Topliss-reactive ketones (excluding diaryl/α,β-unsaturated/α-hetero) is 1. The average Bonchev–Trinajstić information content (AvgIpc) is 2.40. The van der Waals surface area contributed by atoms with Crippen LogP contribution >= 0.6 is 0 Å². The number of carbonyl (C=O) groups is 2. The predicted octanol–water partition coefficient (Wildman–Crippen LogP) is 1.50. The van der Waals surface area contributed by atoms with Gasteiger partial charge in [0.15, 0.2) is 0 Å². The van der Waals surface area contributed by atoms with Crippen LogP contribution in [0.5, 0.6) is 0 Å². The van der Waals surface area contributed by atoms with Crippen LogP contribution in [-0.4, -0.2) is 60.3 Å². The fourth-order valence-corrected chi connectivity index (χ4v) is 2.31. The first-order valence-corrected chi connectivity index (χ1v) is 7.37. The molecule has 1 aliphatic heterocycles. The third-order valence-electron chi connectivity index (χ3n) is 3.25. The molecule has 0 bridgehead atoms. The molecule has 6 nitrogen and oxygen atoms in total. The summed E-state index contributed by atoms with van der Waals surface area (Å²) in [7, 11) is 0. The number of ketones is 1. The molecule has 0 aromatic heterocycles. The second kappa shape index (κ2) is 8.39. The molecule has 0 aromatic rings. The van der Waals surface area contributed by atoms with Crippen LogP contribution in [0.2, 0.25) is 0 Å². The zero-order chi connectivity index (χ0) is 17.6. The van der Waals surface area contributed by atoms with Gasteiger partial charge in [-0.1, -0.05) is 0 Å². The molecule has 0 unspecified atom stereocenters. The quantitative estimate of drug-likeness (QED) is 0.589. The van der Waals surface area contributed by atoms with E-state index in [1.54, 1.807) is 0 Å². The van der Waals surface area contributed by atoms with E-state index in [0.29, 0.717) is 6.54 Å². The first-order chi connectivity index (χ1) is 10.6. The van der Waals surface area contributed by atoms with Gasteiger partial charge in [0.1, 0.15) is 0 Å². The fraction of sp³-hybridized carbons (Fsp3) is 0.786. The first kappa shape index (κ1) is 19.6. The normalized spacial score (nSPS) is 23.7. The highest BCUT2D eigenvalue weighted by atomic mass is 19.4. The molecule has 1 heterocycles. The molecule has 0 saturated carbocycles. The smallest absolute Gasteiger partial charge is 0.373 e. The van der Waals surface area contributed by atoms with Crippen molar-refractivity contribution in [1.82, 2.24) is 10.3 Å². The number of carbonyl (C=O) groups excluding carboxylic acids is 2. The number of morpholine rings is 1. The molecule has 1 fully saturated rings. The second-order valence-electron chi connectivity index (χ2n) is 5.75. The number of hydrogen-bond acceptors (Lipinski definition) is 5.